The monoisotopic (exact) mass is 171 g/mol. The van der Waals surface area contributed by atoms with Gasteiger partial charge in [0.2, 0.25) is 5.91 Å². The van der Waals surface area contributed by atoms with Gasteiger partial charge in [0.1, 0.15) is 5.78 Å². The van der Waals surface area contributed by atoms with Crippen LogP contribution in [0.1, 0.15) is 26.7 Å². The molecule has 0 aromatic rings. The highest BCUT2D eigenvalue weighted by molar-refractivity contribution is 5.79. The van der Waals surface area contributed by atoms with Crippen molar-refractivity contribution in [3.8, 4) is 0 Å². The Bertz CT molecular complexity index is 202. The fourth-order valence-electron chi connectivity index (χ4n) is 1.10. The molecular weight excluding hydrogens is 158 g/mol. The normalized spacial score (nSPS) is 23.3. The summed E-state index contributed by atoms with van der Waals surface area (Å²) in [5.41, 5.74) is 0. The molecule has 0 saturated carbocycles. The Morgan fingerprint density at radius 3 is 2.83 bits per heavy atom. The first-order valence-corrected chi connectivity index (χ1v) is 4.06. The summed E-state index contributed by atoms with van der Waals surface area (Å²) in [6, 6.07) is 0. The lowest BCUT2D eigenvalue weighted by molar-refractivity contribution is -0.171. The molecule has 1 fully saturated rings. The van der Waals surface area contributed by atoms with E-state index in [-0.39, 0.29) is 17.8 Å². The van der Waals surface area contributed by atoms with Crippen LogP contribution in [0.2, 0.25) is 0 Å². The average molecular weight is 171 g/mol. The molecule has 0 bridgehead atoms. The summed E-state index contributed by atoms with van der Waals surface area (Å²) in [7, 11) is 0. The van der Waals surface area contributed by atoms with Gasteiger partial charge in [-0.05, 0) is 13.8 Å². The van der Waals surface area contributed by atoms with Gasteiger partial charge in [0.25, 0.3) is 0 Å². The minimum Gasteiger partial charge on any atom is -0.300 e. The van der Waals surface area contributed by atoms with Gasteiger partial charge in [-0.3, -0.25) is 14.4 Å². The molecule has 0 N–H and O–H groups in total. The van der Waals surface area contributed by atoms with Gasteiger partial charge in [0.05, 0.1) is 19.1 Å². The molecule has 12 heavy (non-hydrogen) atoms. The van der Waals surface area contributed by atoms with E-state index in [0.29, 0.717) is 19.4 Å². The third kappa shape index (κ3) is 2.30. The maximum Gasteiger partial charge on any atom is 0.248 e. The molecule has 1 atom stereocenters. The number of amides is 1. The summed E-state index contributed by atoms with van der Waals surface area (Å²) in [5.74, 6) is 0.0507. The lowest BCUT2D eigenvalue weighted by Gasteiger charge is -2.13. The van der Waals surface area contributed by atoms with Crippen LogP contribution < -0.4 is 0 Å². The second-order valence-electron chi connectivity index (χ2n) is 3.07. The van der Waals surface area contributed by atoms with E-state index in [4.69, 9.17) is 4.84 Å². The second-order valence-corrected chi connectivity index (χ2v) is 3.07. The Balaban J connectivity index is 2.33. The molecule has 0 aromatic heterocycles. The number of hydrogen-bond donors (Lipinski definition) is 0. The van der Waals surface area contributed by atoms with Crippen LogP contribution in [-0.2, 0) is 14.4 Å². The van der Waals surface area contributed by atoms with E-state index in [9.17, 15) is 9.59 Å². The average Bonchev–Trinajstić information content (AvgIpc) is 2.26. The van der Waals surface area contributed by atoms with Crippen molar-refractivity contribution in [1.29, 1.82) is 0 Å². The number of ketones is 1. The van der Waals surface area contributed by atoms with Gasteiger partial charge in [0.15, 0.2) is 0 Å². The standard InChI is InChI=1S/C8H13NO3/c1-6(10)3-4-9-8(11)5-7(2)12-9/h7H,3-5H2,1-2H3. The van der Waals surface area contributed by atoms with Crippen LogP contribution in [-0.4, -0.2) is 29.4 Å². The predicted molar refractivity (Wildman–Crippen MR) is 42.2 cm³/mol. The highest BCUT2D eigenvalue weighted by Gasteiger charge is 2.27. The van der Waals surface area contributed by atoms with E-state index in [1.165, 1.54) is 12.0 Å². The summed E-state index contributed by atoms with van der Waals surface area (Å²) in [6.07, 6.45) is 0.764. The first-order chi connectivity index (χ1) is 5.59. The van der Waals surface area contributed by atoms with Crippen molar-refractivity contribution in [2.24, 2.45) is 0 Å². The third-order valence-electron chi connectivity index (χ3n) is 1.71. The van der Waals surface area contributed by atoms with Gasteiger partial charge in [-0.25, -0.2) is 5.06 Å². The van der Waals surface area contributed by atoms with Crippen molar-refractivity contribution >= 4 is 11.7 Å². The van der Waals surface area contributed by atoms with Crippen LogP contribution in [0.15, 0.2) is 0 Å². The molecule has 68 valence electrons. The van der Waals surface area contributed by atoms with Crippen LogP contribution >= 0.6 is 0 Å². The topological polar surface area (TPSA) is 46.6 Å². The number of carbonyl (C=O) groups excluding carboxylic acids is 2. The van der Waals surface area contributed by atoms with Crippen molar-refractivity contribution in [1.82, 2.24) is 5.06 Å². The van der Waals surface area contributed by atoms with Gasteiger partial charge in [-0.15, -0.1) is 0 Å². The summed E-state index contributed by atoms with van der Waals surface area (Å²) in [5, 5.41) is 1.28. The Hall–Kier alpha value is -0.900. The molecule has 4 heteroatoms. The van der Waals surface area contributed by atoms with Crippen LogP contribution in [0.25, 0.3) is 0 Å². The maximum absolute atomic E-state index is 11.1. The molecule has 1 unspecified atom stereocenters. The lowest BCUT2D eigenvalue weighted by atomic mass is 10.3. The Kier molecular flexibility index (Phi) is 2.81. The lowest BCUT2D eigenvalue weighted by Crippen LogP contribution is -2.25. The molecule has 4 nitrogen and oxygen atoms in total. The summed E-state index contributed by atoms with van der Waals surface area (Å²) in [6.45, 7) is 3.73. The predicted octanol–water partition coefficient (Wildman–Crippen LogP) is 0.518. The van der Waals surface area contributed by atoms with Crippen molar-refractivity contribution < 1.29 is 14.4 Å². The van der Waals surface area contributed by atoms with Crippen molar-refractivity contribution in [2.45, 2.75) is 32.8 Å². The molecule has 1 rings (SSSR count). The van der Waals surface area contributed by atoms with Gasteiger partial charge in [0, 0.05) is 6.42 Å². The van der Waals surface area contributed by atoms with Crippen molar-refractivity contribution in [3.05, 3.63) is 0 Å². The second kappa shape index (κ2) is 3.67. The van der Waals surface area contributed by atoms with Gasteiger partial charge >= 0.3 is 0 Å². The molecule has 1 heterocycles. The van der Waals surface area contributed by atoms with E-state index >= 15 is 0 Å². The van der Waals surface area contributed by atoms with Crippen LogP contribution in [0.5, 0.6) is 0 Å². The summed E-state index contributed by atoms with van der Waals surface area (Å²) >= 11 is 0. The first-order valence-electron chi connectivity index (χ1n) is 4.06. The zero-order chi connectivity index (χ0) is 9.14. The first kappa shape index (κ1) is 9.19. The highest BCUT2D eigenvalue weighted by Crippen LogP contribution is 2.14. The Labute approximate surface area is 71.4 Å². The number of nitrogens with zero attached hydrogens (tertiary/aromatic N) is 1. The van der Waals surface area contributed by atoms with Gasteiger partial charge < -0.3 is 0 Å². The maximum atomic E-state index is 11.1. The fourth-order valence-corrected chi connectivity index (χ4v) is 1.10. The zero-order valence-electron chi connectivity index (χ0n) is 7.37. The van der Waals surface area contributed by atoms with Gasteiger partial charge in [-0.1, -0.05) is 0 Å². The number of rotatable bonds is 3. The smallest absolute Gasteiger partial charge is 0.248 e. The van der Waals surface area contributed by atoms with E-state index in [1.54, 1.807) is 0 Å². The number of hydroxylamine groups is 2. The minimum absolute atomic E-state index is 0.0243. The van der Waals surface area contributed by atoms with E-state index in [1.807, 2.05) is 6.92 Å². The number of Topliss-reactive ketones (excluding diaryl/α,β-unsaturated/α-hetero) is 1. The van der Waals surface area contributed by atoms with Crippen molar-refractivity contribution in [3.63, 3.8) is 0 Å². The zero-order valence-corrected chi connectivity index (χ0v) is 7.37. The molecule has 1 aliphatic heterocycles. The van der Waals surface area contributed by atoms with Crippen LogP contribution in [0.4, 0.5) is 0 Å². The molecule has 0 aromatic carbocycles. The minimum atomic E-state index is -0.0375. The Morgan fingerprint density at radius 2 is 2.42 bits per heavy atom. The molecular formula is C8H13NO3. The molecule has 0 spiro atoms. The molecule has 0 radical (unpaired) electrons. The van der Waals surface area contributed by atoms with Gasteiger partial charge in [-0.2, -0.15) is 0 Å². The van der Waals surface area contributed by atoms with Crippen LogP contribution in [0, 0.1) is 0 Å². The SMILES string of the molecule is CC(=O)CCN1OC(C)CC1=O. The number of carbonyl (C=O) groups is 2. The number of hydrogen-bond acceptors (Lipinski definition) is 3. The largest absolute Gasteiger partial charge is 0.300 e. The van der Waals surface area contributed by atoms with E-state index < -0.39 is 0 Å². The fraction of sp³-hybridized carbons (Fsp3) is 0.750. The highest BCUT2D eigenvalue weighted by atomic mass is 16.7. The molecule has 0 aliphatic carbocycles. The molecule has 1 aliphatic rings. The van der Waals surface area contributed by atoms with E-state index in [0.717, 1.165) is 0 Å². The Morgan fingerprint density at radius 1 is 1.75 bits per heavy atom. The third-order valence-corrected chi connectivity index (χ3v) is 1.71. The molecule has 1 amide bonds. The van der Waals surface area contributed by atoms with Crippen molar-refractivity contribution in [2.75, 3.05) is 6.54 Å². The summed E-state index contributed by atoms with van der Waals surface area (Å²) < 4.78 is 0. The summed E-state index contributed by atoms with van der Waals surface area (Å²) in [4.78, 5) is 26.8. The quantitative estimate of drug-likeness (QED) is 0.621. The van der Waals surface area contributed by atoms with Crippen LogP contribution in [0.3, 0.4) is 0 Å². The molecule has 1 saturated heterocycles. The van der Waals surface area contributed by atoms with E-state index in [2.05, 4.69) is 0 Å².